The molecule has 0 aromatic heterocycles. The molecule has 2 N–H and O–H groups in total. The Kier molecular flexibility index (Phi) is 4.34. The van der Waals surface area contributed by atoms with Gasteiger partial charge < -0.3 is 15.2 Å². The van der Waals surface area contributed by atoms with Gasteiger partial charge in [0.15, 0.2) is 0 Å². The molecular formula is C17H20F3NO3. The summed E-state index contributed by atoms with van der Waals surface area (Å²) < 4.78 is 43.8. The number of halogens is 3. The van der Waals surface area contributed by atoms with Gasteiger partial charge >= 0.3 is 6.18 Å². The number of carbonyl (C=O) groups is 1. The van der Waals surface area contributed by atoms with E-state index in [2.05, 4.69) is 5.32 Å². The lowest BCUT2D eigenvalue weighted by Crippen LogP contribution is -2.48. The van der Waals surface area contributed by atoms with Gasteiger partial charge in [-0.2, -0.15) is 13.2 Å². The van der Waals surface area contributed by atoms with Gasteiger partial charge in [-0.1, -0.05) is 18.2 Å². The van der Waals surface area contributed by atoms with E-state index in [-0.39, 0.29) is 12.5 Å². The Morgan fingerprint density at radius 2 is 1.88 bits per heavy atom. The molecule has 4 nitrogen and oxygen atoms in total. The molecule has 1 saturated carbocycles. The van der Waals surface area contributed by atoms with Crippen molar-refractivity contribution in [1.29, 1.82) is 0 Å². The van der Waals surface area contributed by atoms with Gasteiger partial charge in [-0.05, 0) is 24.5 Å². The molecule has 3 rings (SSSR count). The van der Waals surface area contributed by atoms with Crippen LogP contribution < -0.4 is 5.32 Å². The number of ether oxygens (including phenoxy) is 1. The summed E-state index contributed by atoms with van der Waals surface area (Å²) in [5, 5.41) is 13.1. The summed E-state index contributed by atoms with van der Waals surface area (Å²) in [6, 6.07) is 4.94. The lowest BCUT2D eigenvalue weighted by molar-refractivity contribution is -0.137. The van der Waals surface area contributed by atoms with E-state index >= 15 is 0 Å². The molecule has 0 radical (unpaired) electrons. The Morgan fingerprint density at radius 1 is 1.21 bits per heavy atom. The number of alkyl halides is 3. The highest BCUT2D eigenvalue weighted by Crippen LogP contribution is 2.49. The zero-order valence-corrected chi connectivity index (χ0v) is 13.2. The topological polar surface area (TPSA) is 58.6 Å². The maximum atomic E-state index is 12.9. The maximum Gasteiger partial charge on any atom is 0.416 e. The average Bonchev–Trinajstić information content (AvgIpc) is 3.35. The number of rotatable bonds is 4. The number of carbonyl (C=O) groups excluding carboxylic acids is 1. The molecule has 132 valence electrons. The van der Waals surface area contributed by atoms with Crippen LogP contribution in [0.5, 0.6) is 0 Å². The average molecular weight is 343 g/mol. The molecule has 1 heterocycles. The summed E-state index contributed by atoms with van der Waals surface area (Å²) in [7, 11) is 0. The van der Waals surface area contributed by atoms with Gasteiger partial charge in [0.2, 0.25) is 5.91 Å². The molecule has 0 unspecified atom stereocenters. The first kappa shape index (κ1) is 17.2. The highest BCUT2D eigenvalue weighted by Gasteiger charge is 2.52. The van der Waals surface area contributed by atoms with Crippen molar-refractivity contribution in [2.24, 2.45) is 0 Å². The minimum Gasteiger partial charge on any atom is -0.388 e. The highest BCUT2D eigenvalue weighted by molar-refractivity contribution is 5.91. The first-order valence-electron chi connectivity index (χ1n) is 8.01. The van der Waals surface area contributed by atoms with Crippen molar-refractivity contribution in [3.63, 3.8) is 0 Å². The van der Waals surface area contributed by atoms with E-state index in [0.29, 0.717) is 44.5 Å². The van der Waals surface area contributed by atoms with Gasteiger partial charge in [-0.25, -0.2) is 0 Å². The molecule has 1 saturated heterocycles. The minimum atomic E-state index is -4.43. The zero-order valence-electron chi connectivity index (χ0n) is 13.2. The van der Waals surface area contributed by atoms with Crippen LogP contribution in [0.1, 0.15) is 36.8 Å². The number of nitrogens with one attached hydrogen (secondary N) is 1. The predicted octanol–water partition coefficient (Wildman–Crippen LogP) is 2.39. The fourth-order valence-electron chi connectivity index (χ4n) is 3.11. The van der Waals surface area contributed by atoms with E-state index in [1.807, 2.05) is 0 Å². The third-order valence-corrected chi connectivity index (χ3v) is 4.93. The molecule has 7 heteroatoms. The molecular weight excluding hydrogens is 323 g/mol. The van der Waals surface area contributed by atoms with Crippen LogP contribution in [-0.2, 0) is 21.1 Å². The van der Waals surface area contributed by atoms with Gasteiger partial charge in [0.1, 0.15) is 0 Å². The largest absolute Gasteiger partial charge is 0.416 e. The normalized spacial score (nSPS) is 22.0. The van der Waals surface area contributed by atoms with Gasteiger partial charge in [-0.3, -0.25) is 4.79 Å². The number of hydrogen-bond donors (Lipinski definition) is 2. The first-order chi connectivity index (χ1) is 11.3. The SMILES string of the molecule is O=C(NCC1(O)CCOCC1)C1(c2cccc(C(F)(F)F)c2)CC1. The molecule has 0 spiro atoms. The third-order valence-electron chi connectivity index (χ3n) is 4.93. The van der Waals surface area contributed by atoms with E-state index in [1.165, 1.54) is 6.07 Å². The van der Waals surface area contributed by atoms with Gasteiger partial charge in [0.05, 0.1) is 16.6 Å². The molecule has 2 aliphatic rings. The second-order valence-corrected chi connectivity index (χ2v) is 6.68. The van der Waals surface area contributed by atoms with Crippen LogP contribution in [0.15, 0.2) is 24.3 Å². The van der Waals surface area contributed by atoms with E-state index in [9.17, 15) is 23.1 Å². The van der Waals surface area contributed by atoms with Crippen molar-refractivity contribution in [1.82, 2.24) is 5.32 Å². The predicted molar refractivity (Wildman–Crippen MR) is 80.4 cm³/mol. The number of benzene rings is 1. The summed E-state index contributed by atoms with van der Waals surface area (Å²) in [6.07, 6.45) is -2.53. The lowest BCUT2D eigenvalue weighted by Gasteiger charge is -2.32. The van der Waals surface area contributed by atoms with E-state index < -0.39 is 22.8 Å². The van der Waals surface area contributed by atoms with Crippen molar-refractivity contribution in [3.8, 4) is 0 Å². The first-order valence-corrected chi connectivity index (χ1v) is 8.01. The summed E-state index contributed by atoms with van der Waals surface area (Å²) in [5.74, 6) is -0.318. The third kappa shape index (κ3) is 3.42. The Labute approximate surface area is 138 Å². The standard InChI is InChI=1S/C17H20F3NO3/c18-17(19,20)13-3-1-2-12(10-13)16(4-5-16)14(22)21-11-15(23)6-8-24-9-7-15/h1-3,10,23H,4-9,11H2,(H,21,22). The van der Waals surface area contributed by atoms with Crippen molar-refractivity contribution in [3.05, 3.63) is 35.4 Å². The van der Waals surface area contributed by atoms with Crippen LogP contribution in [0.25, 0.3) is 0 Å². The Morgan fingerprint density at radius 3 is 2.46 bits per heavy atom. The van der Waals surface area contributed by atoms with Crippen LogP contribution >= 0.6 is 0 Å². The quantitative estimate of drug-likeness (QED) is 0.883. The molecule has 0 atom stereocenters. The molecule has 0 bridgehead atoms. The summed E-state index contributed by atoms with van der Waals surface area (Å²) >= 11 is 0. The Balaban J connectivity index is 1.70. The second kappa shape index (κ2) is 6.04. The van der Waals surface area contributed by atoms with Gasteiger partial charge in [0, 0.05) is 32.6 Å². The molecule has 1 aliphatic carbocycles. The van der Waals surface area contributed by atoms with Crippen molar-refractivity contribution < 1.29 is 27.8 Å². The molecule has 2 fully saturated rings. The fourth-order valence-corrected chi connectivity index (χ4v) is 3.11. The zero-order chi connectivity index (χ0) is 17.4. The lowest BCUT2D eigenvalue weighted by atomic mass is 9.91. The van der Waals surface area contributed by atoms with Crippen LogP contribution in [0.2, 0.25) is 0 Å². The number of amides is 1. The Hall–Kier alpha value is -1.60. The van der Waals surface area contributed by atoms with Crippen molar-refractivity contribution >= 4 is 5.91 Å². The molecule has 24 heavy (non-hydrogen) atoms. The van der Waals surface area contributed by atoms with E-state index in [1.54, 1.807) is 6.07 Å². The van der Waals surface area contributed by atoms with Crippen LogP contribution in [0.3, 0.4) is 0 Å². The maximum absolute atomic E-state index is 12.9. The fraction of sp³-hybridized carbons (Fsp3) is 0.588. The smallest absolute Gasteiger partial charge is 0.388 e. The van der Waals surface area contributed by atoms with Crippen LogP contribution in [0, 0.1) is 0 Å². The van der Waals surface area contributed by atoms with Gasteiger partial charge in [-0.15, -0.1) is 0 Å². The van der Waals surface area contributed by atoms with E-state index in [4.69, 9.17) is 4.74 Å². The van der Waals surface area contributed by atoms with Crippen molar-refractivity contribution in [2.45, 2.75) is 42.9 Å². The van der Waals surface area contributed by atoms with E-state index in [0.717, 1.165) is 12.1 Å². The highest BCUT2D eigenvalue weighted by atomic mass is 19.4. The minimum absolute atomic E-state index is 0.0932. The monoisotopic (exact) mass is 343 g/mol. The Bertz CT molecular complexity index is 620. The number of aliphatic hydroxyl groups is 1. The summed E-state index contributed by atoms with van der Waals surface area (Å²) in [5.41, 5.74) is -2.27. The van der Waals surface area contributed by atoms with Crippen molar-refractivity contribution in [2.75, 3.05) is 19.8 Å². The van der Waals surface area contributed by atoms with Gasteiger partial charge in [0.25, 0.3) is 0 Å². The molecule has 1 aromatic carbocycles. The van der Waals surface area contributed by atoms with Crippen LogP contribution in [0.4, 0.5) is 13.2 Å². The molecule has 1 aliphatic heterocycles. The summed E-state index contributed by atoms with van der Waals surface area (Å²) in [6.45, 7) is 0.964. The molecule has 1 aromatic rings. The summed E-state index contributed by atoms with van der Waals surface area (Å²) in [4.78, 5) is 12.5. The van der Waals surface area contributed by atoms with Crippen LogP contribution in [-0.4, -0.2) is 36.4 Å². The second-order valence-electron chi connectivity index (χ2n) is 6.68. The molecule has 1 amide bonds. The number of hydrogen-bond acceptors (Lipinski definition) is 3.